The van der Waals surface area contributed by atoms with E-state index in [4.69, 9.17) is 23.2 Å². The zero-order valence-electron chi connectivity index (χ0n) is 14.0. The maximum absolute atomic E-state index is 13.7. The molecule has 0 aliphatic carbocycles. The van der Waals surface area contributed by atoms with E-state index in [0.29, 0.717) is 27.6 Å². The van der Waals surface area contributed by atoms with Crippen molar-refractivity contribution < 1.29 is 9.18 Å². The summed E-state index contributed by atoms with van der Waals surface area (Å²) in [6.45, 7) is 0.283. The second-order valence-corrected chi connectivity index (χ2v) is 7.43. The number of aromatic nitrogens is 2. The Labute approximate surface area is 170 Å². The van der Waals surface area contributed by atoms with E-state index in [1.54, 1.807) is 30.3 Å². The summed E-state index contributed by atoms with van der Waals surface area (Å²) in [4.78, 5) is 13.4. The Bertz CT molecular complexity index is 954. The molecule has 0 aliphatic rings. The SMILES string of the molecule is O=C(NCCc1ccccc1F)c1cc(Cl)nnc1Sc1ccc(Cl)cc1. The predicted octanol–water partition coefficient (Wildman–Crippen LogP) is 5.05. The maximum Gasteiger partial charge on any atom is 0.254 e. The van der Waals surface area contributed by atoms with E-state index in [-0.39, 0.29) is 23.4 Å². The number of nitrogens with one attached hydrogen (secondary N) is 1. The molecule has 0 bridgehead atoms. The van der Waals surface area contributed by atoms with E-state index in [9.17, 15) is 9.18 Å². The summed E-state index contributed by atoms with van der Waals surface area (Å²) in [6, 6.07) is 15.1. The zero-order valence-corrected chi connectivity index (χ0v) is 16.3. The molecule has 0 atom stereocenters. The minimum Gasteiger partial charge on any atom is -0.352 e. The molecule has 4 nitrogen and oxygen atoms in total. The van der Waals surface area contributed by atoms with Crippen molar-refractivity contribution in [2.75, 3.05) is 6.54 Å². The summed E-state index contributed by atoms with van der Waals surface area (Å²) >= 11 is 13.1. The van der Waals surface area contributed by atoms with Gasteiger partial charge in [0, 0.05) is 16.5 Å². The van der Waals surface area contributed by atoms with E-state index < -0.39 is 0 Å². The van der Waals surface area contributed by atoms with Crippen LogP contribution in [-0.4, -0.2) is 22.6 Å². The largest absolute Gasteiger partial charge is 0.352 e. The fourth-order valence-electron chi connectivity index (χ4n) is 2.32. The van der Waals surface area contributed by atoms with Crippen molar-refractivity contribution in [3.8, 4) is 0 Å². The van der Waals surface area contributed by atoms with Crippen LogP contribution in [0.1, 0.15) is 15.9 Å². The highest BCUT2D eigenvalue weighted by atomic mass is 35.5. The van der Waals surface area contributed by atoms with Crippen LogP contribution in [0.2, 0.25) is 10.2 Å². The predicted molar refractivity (Wildman–Crippen MR) is 105 cm³/mol. The molecule has 0 spiro atoms. The van der Waals surface area contributed by atoms with Gasteiger partial charge in [-0.25, -0.2) is 4.39 Å². The molecule has 0 radical (unpaired) electrons. The Morgan fingerprint density at radius 1 is 1.07 bits per heavy atom. The van der Waals surface area contributed by atoms with E-state index in [2.05, 4.69) is 15.5 Å². The van der Waals surface area contributed by atoms with Crippen molar-refractivity contribution in [2.24, 2.45) is 0 Å². The third-order valence-corrected chi connectivity index (χ3v) is 5.08. The lowest BCUT2D eigenvalue weighted by Crippen LogP contribution is -2.26. The topological polar surface area (TPSA) is 54.9 Å². The van der Waals surface area contributed by atoms with Gasteiger partial charge in [-0.1, -0.05) is 53.2 Å². The Balaban J connectivity index is 1.70. The summed E-state index contributed by atoms with van der Waals surface area (Å²) in [5.41, 5.74) is 0.850. The molecule has 1 amide bonds. The van der Waals surface area contributed by atoms with Gasteiger partial charge < -0.3 is 5.32 Å². The van der Waals surface area contributed by atoms with E-state index in [0.717, 1.165) is 4.90 Å². The molecular formula is C19H14Cl2FN3OS. The molecule has 1 N–H and O–H groups in total. The van der Waals surface area contributed by atoms with Crippen LogP contribution in [0.25, 0.3) is 0 Å². The molecule has 0 saturated heterocycles. The highest BCUT2D eigenvalue weighted by molar-refractivity contribution is 7.99. The van der Waals surface area contributed by atoms with Crippen LogP contribution in [0.4, 0.5) is 4.39 Å². The van der Waals surface area contributed by atoms with Crippen LogP contribution in [-0.2, 0) is 6.42 Å². The molecule has 1 heterocycles. The molecule has 0 aliphatic heterocycles. The van der Waals surface area contributed by atoms with Crippen LogP contribution in [0.15, 0.2) is 64.5 Å². The van der Waals surface area contributed by atoms with E-state index >= 15 is 0 Å². The van der Waals surface area contributed by atoms with Gasteiger partial charge in [0.15, 0.2) is 5.15 Å². The van der Waals surface area contributed by atoms with Gasteiger partial charge in [0.05, 0.1) is 5.56 Å². The van der Waals surface area contributed by atoms with Crippen LogP contribution in [0.3, 0.4) is 0 Å². The number of carbonyl (C=O) groups is 1. The lowest BCUT2D eigenvalue weighted by atomic mass is 10.1. The average Bonchev–Trinajstić information content (AvgIpc) is 2.66. The minimum atomic E-state index is -0.348. The first-order chi connectivity index (χ1) is 13.0. The normalized spacial score (nSPS) is 10.6. The zero-order chi connectivity index (χ0) is 19.2. The standard InChI is InChI=1S/C19H14Cl2FN3OS/c20-13-5-7-14(8-6-13)27-19-15(11-17(21)24-25-19)18(26)23-10-9-12-3-1-2-4-16(12)22/h1-8,11H,9-10H2,(H,23,26). The first-order valence-corrected chi connectivity index (χ1v) is 9.58. The minimum absolute atomic E-state index is 0.120. The van der Waals surface area contributed by atoms with Crippen molar-refractivity contribution in [2.45, 2.75) is 16.3 Å². The fourth-order valence-corrected chi connectivity index (χ4v) is 3.43. The molecule has 3 rings (SSSR count). The second kappa shape index (κ2) is 9.17. The molecule has 0 saturated carbocycles. The number of halogens is 3. The molecule has 0 fully saturated rings. The lowest BCUT2D eigenvalue weighted by Gasteiger charge is -2.09. The third kappa shape index (κ3) is 5.42. The quantitative estimate of drug-likeness (QED) is 0.605. The third-order valence-electron chi connectivity index (χ3n) is 3.64. The summed E-state index contributed by atoms with van der Waals surface area (Å²) < 4.78 is 13.7. The Hall–Kier alpha value is -2.15. The van der Waals surface area contributed by atoms with E-state index in [1.807, 2.05) is 12.1 Å². The van der Waals surface area contributed by atoms with Gasteiger partial charge in [-0.05, 0) is 48.4 Å². The summed E-state index contributed by atoms with van der Waals surface area (Å²) in [7, 11) is 0. The first kappa shape index (κ1) is 19.6. The molecule has 8 heteroatoms. The highest BCUT2D eigenvalue weighted by Crippen LogP contribution is 2.30. The van der Waals surface area contributed by atoms with Crippen molar-refractivity contribution in [3.05, 3.63) is 81.7 Å². The first-order valence-electron chi connectivity index (χ1n) is 8.01. The molecule has 0 unspecified atom stereocenters. The van der Waals surface area contributed by atoms with E-state index in [1.165, 1.54) is 23.9 Å². The van der Waals surface area contributed by atoms with Gasteiger partial charge >= 0.3 is 0 Å². The number of rotatable bonds is 6. The van der Waals surface area contributed by atoms with Crippen LogP contribution >= 0.6 is 35.0 Å². The van der Waals surface area contributed by atoms with Crippen LogP contribution in [0, 0.1) is 5.82 Å². The molecule has 27 heavy (non-hydrogen) atoms. The molecular weight excluding hydrogens is 408 g/mol. The van der Waals surface area contributed by atoms with Gasteiger partial charge in [0.25, 0.3) is 5.91 Å². The maximum atomic E-state index is 13.7. The van der Waals surface area contributed by atoms with Gasteiger partial charge in [-0.15, -0.1) is 10.2 Å². The lowest BCUT2D eigenvalue weighted by molar-refractivity contribution is 0.0950. The Morgan fingerprint density at radius 2 is 1.81 bits per heavy atom. The van der Waals surface area contributed by atoms with Gasteiger partial charge in [0.1, 0.15) is 10.8 Å². The number of nitrogens with zero attached hydrogens (tertiary/aromatic N) is 2. The van der Waals surface area contributed by atoms with Gasteiger partial charge in [-0.2, -0.15) is 0 Å². The summed E-state index contributed by atoms with van der Waals surface area (Å²) in [5.74, 6) is -0.640. The summed E-state index contributed by atoms with van der Waals surface area (Å²) in [5, 5.41) is 11.8. The van der Waals surface area contributed by atoms with Crippen molar-refractivity contribution in [1.29, 1.82) is 0 Å². The second-order valence-electron chi connectivity index (χ2n) is 5.54. The number of hydrogen-bond acceptors (Lipinski definition) is 4. The van der Waals surface area contributed by atoms with Crippen molar-refractivity contribution in [3.63, 3.8) is 0 Å². The number of benzene rings is 2. The molecule has 138 valence electrons. The number of amides is 1. The average molecular weight is 422 g/mol. The van der Waals surface area contributed by atoms with Gasteiger partial charge in [-0.3, -0.25) is 4.79 Å². The van der Waals surface area contributed by atoms with Crippen molar-refractivity contribution in [1.82, 2.24) is 15.5 Å². The molecule has 2 aromatic carbocycles. The Morgan fingerprint density at radius 3 is 2.56 bits per heavy atom. The molecule has 3 aromatic rings. The van der Waals surface area contributed by atoms with Crippen molar-refractivity contribution >= 4 is 40.9 Å². The monoisotopic (exact) mass is 421 g/mol. The number of carbonyl (C=O) groups excluding carboxylic acids is 1. The molecule has 1 aromatic heterocycles. The van der Waals surface area contributed by atoms with Crippen LogP contribution < -0.4 is 5.32 Å². The number of hydrogen-bond donors (Lipinski definition) is 1. The fraction of sp³-hybridized carbons (Fsp3) is 0.105. The van der Waals surface area contributed by atoms with Gasteiger partial charge in [0.2, 0.25) is 0 Å². The van der Waals surface area contributed by atoms with Crippen LogP contribution in [0.5, 0.6) is 0 Å². The summed E-state index contributed by atoms with van der Waals surface area (Å²) in [6.07, 6.45) is 0.379. The smallest absolute Gasteiger partial charge is 0.254 e. The highest BCUT2D eigenvalue weighted by Gasteiger charge is 2.16. The Kier molecular flexibility index (Phi) is 6.66.